The standard InChI is InChI=1S/C16H12Cl2N4O2/c1-9-4-15(22-24-9)21-14-5-10(2-3-19-14)16(23)20-13-7-11(17)6-12(18)8-13/h2-8H,1H3,(H,20,23)(H,19,21,22). The Bertz CT molecular complexity index is 875. The van der Waals surface area contributed by atoms with Crippen LogP contribution in [0.15, 0.2) is 47.1 Å². The third-order valence-electron chi connectivity index (χ3n) is 3.03. The van der Waals surface area contributed by atoms with Crippen molar-refractivity contribution in [3.05, 3.63) is 64.0 Å². The summed E-state index contributed by atoms with van der Waals surface area (Å²) < 4.78 is 4.97. The number of hydrogen-bond acceptors (Lipinski definition) is 5. The lowest BCUT2D eigenvalue weighted by atomic mass is 10.2. The zero-order valence-electron chi connectivity index (χ0n) is 12.5. The number of carbonyl (C=O) groups is 1. The summed E-state index contributed by atoms with van der Waals surface area (Å²) in [6.45, 7) is 1.78. The molecular formula is C16H12Cl2N4O2. The van der Waals surface area contributed by atoms with Crippen LogP contribution in [0.3, 0.4) is 0 Å². The molecule has 3 rings (SSSR count). The zero-order chi connectivity index (χ0) is 17.1. The number of benzene rings is 1. The molecule has 0 saturated heterocycles. The fourth-order valence-corrected chi connectivity index (χ4v) is 2.55. The Hall–Kier alpha value is -2.57. The van der Waals surface area contributed by atoms with E-state index in [2.05, 4.69) is 20.8 Å². The first kappa shape index (κ1) is 16.3. The third kappa shape index (κ3) is 4.04. The summed E-state index contributed by atoms with van der Waals surface area (Å²) >= 11 is 11.9. The molecule has 0 unspecified atom stereocenters. The van der Waals surface area contributed by atoms with E-state index in [0.717, 1.165) is 0 Å². The quantitative estimate of drug-likeness (QED) is 0.704. The first-order valence-electron chi connectivity index (χ1n) is 6.93. The molecule has 6 nitrogen and oxygen atoms in total. The summed E-state index contributed by atoms with van der Waals surface area (Å²) in [7, 11) is 0. The molecule has 1 amide bonds. The van der Waals surface area contributed by atoms with Gasteiger partial charge in [-0.05, 0) is 37.3 Å². The summed E-state index contributed by atoms with van der Waals surface area (Å²) in [4.78, 5) is 16.5. The Morgan fingerprint density at radius 1 is 1.08 bits per heavy atom. The fourth-order valence-electron chi connectivity index (χ4n) is 2.03. The van der Waals surface area contributed by atoms with E-state index in [0.29, 0.717) is 38.7 Å². The van der Waals surface area contributed by atoms with Crippen LogP contribution in [0.4, 0.5) is 17.3 Å². The molecule has 0 saturated carbocycles. The second-order valence-electron chi connectivity index (χ2n) is 4.99. The molecule has 2 N–H and O–H groups in total. The summed E-state index contributed by atoms with van der Waals surface area (Å²) in [5.41, 5.74) is 0.930. The number of aromatic nitrogens is 2. The molecule has 0 aliphatic rings. The predicted octanol–water partition coefficient (Wildman–Crippen LogP) is 4.68. The van der Waals surface area contributed by atoms with Gasteiger partial charge in [-0.3, -0.25) is 4.79 Å². The van der Waals surface area contributed by atoms with Gasteiger partial charge in [0, 0.05) is 33.6 Å². The number of amides is 1. The molecule has 0 aliphatic heterocycles. The summed E-state index contributed by atoms with van der Waals surface area (Å²) in [5, 5.41) is 10.4. The highest BCUT2D eigenvalue weighted by Gasteiger charge is 2.10. The smallest absolute Gasteiger partial charge is 0.255 e. The second-order valence-corrected chi connectivity index (χ2v) is 5.86. The molecule has 2 aromatic heterocycles. The van der Waals surface area contributed by atoms with Crippen molar-refractivity contribution in [1.29, 1.82) is 0 Å². The largest absolute Gasteiger partial charge is 0.360 e. The number of pyridine rings is 1. The van der Waals surface area contributed by atoms with Crippen LogP contribution in [-0.2, 0) is 0 Å². The van der Waals surface area contributed by atoms with Gasteiger partial charge in [-0.15, -0.1) is 0 Å². The van der Waals surface area contributed by atoms with Crippen LogP contribution in [0.1, 0.15) is 16.1 Å². The van der Waals surface area contributed by atoms with Crippen LogP contribution < -0.4 is 10.6 Å². The Morgan fingerprint density at radius 3 is 2.50 bits per heavy atom. The van der Waals surface area contributed by atoms with Gasteiger partial charge in [0.15, 0.2) is 5.82 Å². The van der Waals surface area contributed by atoms with Crippen molar-refractivity contribution in [2.24, 2.45) is 0 Å². The van der Waals surface area contributed by atoms with Gasteiger partial charge >= 0.3 is 0 Å². The molecule has 24 heavy (non-hydrogen) atoms. The van der Waals surface area contributed by atoms with Crippen molar-refractivity contribution in [1.82, 2.24) is 10.1 Å². The molecule has 0 aliphatic carbocycles. The monoisotopic (exact) mass is 362 g/mol. The van der Waals surface area contributed by atoms with Crippen LogP contribution >= 0.6 is 23.2 Å². The molecule has 0 bridgehead atoms. The van der Waals surface area contributed by atoms with Gasteiger partial charge < -0.3 is 15.2 Å². The maximum absolute atomic E-state index is 12.4. The average molecular weight is 363 g/mol. The summed E-state index contributed by atoms with van der Waals surface area (Å²) in [6, 6.07) is 9.75. The summed E-state index contributed by atoms with van der Waals surface area (Å²) in [5.74, 6) is 1.35. The highest BCUT2D eigenvalue weighted by atomic mass is 35.5. The van der Waals surface area contributed by atoms with Gasteiger partial charge in [-0.2, -0.15) is 0 Å². The summed E-state index contributed by atoms with van der Waals surface area (Å²) in [6.07, 6.45) is 1.52. The molecule has 0 radical (unpaired) electrons. The van der Waals surface area contributed by atoms with Crippen molar-refractivity contribution >= 4 is 46.4 Å². The molecule has 122 valence electrons. The topological polar surface area (TPSA) is 80.0 Å². The Balaban J connectivity index is 1.76. The van der Waals surface area contributed by atoms with Gasteiger partial charge in [0.1, 0.15) is 11.6 Å². The number of rotatable bonds is 4. The molecule has 0 atom stereocenters. The maximum Gasteiger partial charge on any atom is 0.255 e. The minimum absolute atomic E-state index is 0.310. The van der Waals surface area contributed by atoms with E-state index in [-0.39, 0.29) is 5.91 Å². The molecule has 1 aromatic carbocycles. The van der Waals surface area contributed by atoms with E-state index in [9.17, 15) is 4.79 Å². The van der Waals surface area contributed by atoms with E-state index >= 15 is 0 Å². The number of carbonyl (C=O) groups excluding carboxylic acids is 1. The lowest BCUT2D eigenvalue weighted by molar-refractivity contribution is 0.102. The predicted molar refractivity (Wildman–Crippen MR) is 93.2 cm³/mol. The van der Waals surface area contributed by atoms with Gasteiger partial charge in [-0.25, -0.2) is 4.98 Å². The van der Waals surface area contributed by atoms with Gasteiger partial charge in [0.2, 0.25) is 0 Å². The SMILES string of the molecule is Cc1cc(Nc2cc(C(=O)Nc3cc(Cl)cc(Cl)c3)ccn2)no1. The van der Waals surface area contributed by atoms with Gasteiger partial charge in [0.05, 0.1) is 0 Å². The molecule has 8 heteroatoms. The van der Waals surface area contributed by atoms with Crippen LogP contribution in [0.5, 0.6) is 0 Å². The fraction of sp³-hybridized carbons (Fsp3) is 0.0625. The van der Waals surface area contributed by atoms with Crippen molar-refractivity contribution in [3.63, 3.8) is 0 Å². The van der Waals surface area contributed by atoms with Gasteiger partial charge in [-0.1, -0.05) is 28.4 Å². The minimum Gasteiger partial charge on any atom is -0.360 e. The number of nitrogens with one attached hydrogen (secondary N) is 2. The first-order valence-corrected chi connectivity index (χ1v) is 7.69. The number of nitrogens with zero attached hydrogens (tertiary/aromatic N) is 2. The maximum atomic E-state index is 12.4. The Kier molecular flexibility index (Phi) is 4.69. The molecule has 3 aromatic rings. The van der Waals surface area contributed by atoms with E-state index < -0.39 is 0 Å². The molecule has 2 heterocycles. The Labute approximate surface area is 147 Å². The van der Waals surface area contributed by atoms with Crippen molar-refractivity contribution in [2.75, 3.05) is 10.6 Å². The van der Waals surface area contributed by atoms with E-state index in [1.807, 2.05) is 0 Å². The highest BCUT2D eigenvalue weighted by Crippen LogP contribution is 2.23. The lowest BCUT2D eigenvalue weighted by Crippen LogP contribution is -2.12. The van der Waals surface area contributed by atoms with E-state index in [1.165, 1.54) is 6.20 Å². The number of halogens is 2. The van der Waals surface area contributed by atoms with E-state index in [4.69, 9.17) is 27.7 Å². The highest BCUT2D eigenvalue weighted by molar-refractivity contribution is 6.35. The van der Waals surface area contributed by atoms with E-state index in [1.54, 1.807) is 43.3 Å². The zero-order valence-corrected chi connectivity index (χ0v) is 14.0. The van der Waals surface area contributed by atoms with Crippen molar-refractivity contribution in [2.45, 2.75) is 6.92 Å². The third-order valence-corrected chi connectivity index (χ3v) is 3.46. The number of hydrogen-bond donors (Lipinski definition) is 2. The first-order chi connectivity index (χ1) is 11.5. The number of anilines is 3. The van der Waals surface area contributed by atoms with Crippen molar-refractivity contribution in [3.8, 4) is 0 Å². The second kappa shape index (κ2) is 6.90. The van der Waals surface area contributed by atoms with Gasteiger partial charge in [0.25, 0.3) is 5.91 Å². The van der Waals surface area contributed by atoms with Crippen LogP contribution in [0.25, 0.3) is 0 Å². The van der Waals surface area contributed by atoms with Crippen LogP contribution in [0.2, 0.25) is 10.0 Å². The lowest BCUT2D eigenvalue weighted by Gasteiger charge is -2.08. The minimum atomic E-state index is -0.310. The molecular weight excluding hydrogens is 351 g/mol. The molecule has 0 spiro atoms. The van der Waals surface area contributed by atoms with Crippen LogP contribution in [-0.4, -0.2) is 16.0 Å². The average Bonchev–Trinajstić information content (AvgIpc) is 2.91. The van der Waals surface area contributed by atoms with Crippen LogP contribution in [0, 0.1) is 6.92 Å². The Morgan fingerprint density at radius 2 is 1.83 bits per heavy atom. The molecule has 0 fully saturated rings. The van der Waals surface area contributed by atoms with Crippen molar-refractivity contribution < 1.29 is 9.32 Å². The normalized spacial score (nSPS) is 10.5. The number of aryl methyl sites for hydroxylation is 1.